The number of nitrogens with zero attached hydrogens (tertiary/aromatic N) is 2. The number of esters is 1. The summed E-state index contributed by atoms with van der Waals surface area (Å²) >= 11 is 0. The highest BCUT2D eigenvalue weighted by Gasteiger charge is 2.19. The lowest BCUT2D eigenvalue weighted by Gasteiger charge is -2.14. The number of benzene rings is 2. The fraction of sp³-hybridized carbons (Fsp3) is 0.211. The Hall–Kier alpha value is -2.95. The Bertz CT molecular complexity index is 941. The predicted octanol–water partition coefficient (Wildman–Crippen LogP) is 3.19. The zero-order valence-electron chi connectivity index (χ0n) is 13.6. The second kappa shape index (κ2) is 6.66. The summed E-state index contributed by atoms with van der Waals surface area (Å²) in [6.45, 7) is 3.60. The van der Waals surface area contributed by atoms with E-state index in [1.165, 1.54) is 10.7 Å². The lowest BCUT2D eigenvalue weighted by molar-refractivity contribution is -0.147. The second-order valence-corrected chi connectivity index (χ2v) is 5.46. The third kappa shape index (κ3) is 2.93. The number of aromatic nitrogens is 2. The molecule has 0 fully saturated rings. The van der Waals surface area contributed by atoms with Gasteiger partial charge in [-0.3, -0.25) is 4.79 Å². The normalized spacial score (nSPS) is 12.1. The van der Waals surface area contributed by atoms with Crippen molar-refractivity contribution in [1.29, 1.82) is 0 Å². The van der Waals surface area contributed by atoms with E-state index in [4.69, 9.17) is 4.74 Å². The SMILES string of the molecule is CCOC(=O)[C@H](C)n1nc(-c2cccc3ccccc23)ccc1=O. The molecule has 0 unspecified atom stereocenters. The maximum atomic E-state index is 12.1. The highest BCUT2D eigenvalue weighted by molar-refractivity contribution is 5.95. The molecule has 0 aliphatic rings. The van der Waals surface area contributed by atoms with Gasteiger partial charge in [-0.25, -0.2) is 9.48 Å². The molecule has 0 aliphatic heterocycles. The molecule has 24 heavy (non-hydrogen) atoms. The summed E-state index contributed by atoms with van der Waals surface area (Å²) in [4.78, 5) is 24.0. The first-order chi connectivity index (χ1) is 11.6. The van der Waals surface area contributed by atoms with E-state index in [0.29, 0.717) is 5.69 Å². The Labute approximate surface area is 139 Å². The zero-order chi connectivity index (χ0) is 17.1. The fourth-order valence-corrected chi connectivity index (χ4v) is 2.66. The van der Waals surface area contributed by atoms with E-state index in [9.17, 15) is 9.59 Å². The molecule has 0 saturated heterocycles. The van der Waals surface area contributed by atoms with Gasteiger partial charge < -0.3 is 4.74 Å². The number of rotatable bonds is 4. The number of ether oxygens (including phenoxy) is 1. The number of carbonyl (C=O) groups is 1. The van der Waals surface area contributed by atoms with Gasteiger partial charge in [0.2, 0.25) is 0 Å². The van der Waals surface area contributed by atoms with Gasteiger partial charge >= 0.3 is 5.97 Å². The minimum absolute atomic E-state index is 0.265. The van der Waals surface area contributed by atoms with E-state index in [-0.39, 0.29) is 12.2 Å². The highest BCUT2D eigenvalue weighted by atomic mass is 16.5. The van der Waals surface area contributed by atoms with Gasteiger partial charge in [0.05, 0.1) is 12.3 Å². The largest absolute Gasteiger partial charge is 0.464 e. The predicted molar refractivity (Wildman–Crippen MR) is 92.8 cm³/mol. The van der Waals surface area contributed by atoms with Gasteiger partial charge in [0.15, 0.2) is 6.04 Å². The van der Waals surface area contributed by atoms with Crippen LogP contribution < -0.4 is 5.56 Å². The van der Waals surface area contributed by atoms with E-state index in [1.807, 2.05) is 42.5 Å². The summed E-state index contributed by atoms with van der Waals surface area (Å²) in [5, 5.41) is 6.53. The molecule has 122 valence electrons. The van der Waals surface area contributed by atoms with Gasteiger partial charge in [-0.2, -0.15) is 5.10 Å². The monoisotopic (exact) mass is 322 g/mol. The second-order valence-electron chi connectivity index (χ2n) is 5.46. The van der Waals surface area contributed by atoms with Crippen LogP contribution in [-0.4, -0.2) is 22.4 Å². The summed E-state index contributed by atoms with van der Waals surface area (Å²) < 4.78 is 6.17. The van der Waals surface area contributed by atoms with Gasteiger partial charge in [0.25, 0.3) is 5.56 Å². The average Bonchev–Trinajstić information content (AvgIpc) is 2.61. The Morgan fingerprint density at radius 2 is 1.88 bits per heavy atom. The van der Waals surface area contributed by atoms with Crippen LogP contribution in [0.5, 0.6) is 0 Å². The Balaban J connectivity index is 2.11. The van der Waals surface area contributed by atoms with Gasteiger partial charge in [0.1, 0.15) is 0 Å². The van der Waals surface area contributed by atoms with Crippen molar-refractivity contribution in [3.8, 4) is 11.3 Å². The third-order valence-corrected chi connectivity index (χ3v) is 3.89. The first-order valence-electron chi connectivity index (χ1n) is 7.86. The quantitative estimate of drug-likeness (QED) is 0.692. The zero-order valence-corrected chi connectivity index (χ0v) is 13.6. The maximum absolute atomic E-state index is 12.1. The number of hydrogen-bond acceptors (Lipinski definition) is 4. The molecule has 5 nitrogen and oxygen atoms in total. The van der Waals surface area contributed by atoms with Crippen LogP contribution in [0, 0.1) is 0 Å². The molecule has 2 aromatic carbocycles. The Kier molecular flexibility index (Phi) is 4.42. The summed E-state index contributed by atoms with van der Waals surface area (Å²) in [6, 6.07) is 16.2. The lowest BCUT2D eigenvalue weighted by Crippen LogP contribution is -2.31. The van der Waals surface area contributed by atoms with Crippen molar-refractivity contribution in [2.24, 2.45) is 0 Å². The smallest absolute Gasteiger partial charge is 0.330 e. The van der Waals surface area contributed by atoms with Crippen LogP contribution in [0.25, 0.3) is 22.0 Å². The average molecular weight is 322 g/mol. The Morgan fingerprint density at radius 1 is 1.12 bits per heavy atom. The topological polar surface area (TPSA) is 61.2 Å². The molecule has 0 spiro atoms. The van der Waals surface area contributed by atoms with Gasteiger partial charge in [0, 0.05) is 11.6 Å². The molecule has 5 heteroatoms. The molecule has 0 amide bonds. The van der Waals surface area contributed by atoms with Crippen LogP contribution in [0.1, 0.15) is 19.9 Å². The lowest BCUT2D eigenvalue weighted by atomic mass is 10.0. The van der Waals surface area contributed by atoms with Crippen molar-refractivity contribution in [3.63, 3.8) is 0 Å². The molecule has 0 aliphatic carbocycles. The van der Waals surface area contributed by atoms with E-state index >= 15 is 0 Å². The number of carbonyl (C=O) groups excluding carboxylic acids is 1. The minimum atomic E-state index is -0.771. The van der Waals surface area contributed by atoms with E-state index in [0.717, 1.165) is 16.3 Å². The molecule has 0 N–H and O–H groups in total. The summed E-state index contributed by atoms with van der Waals surface area (Å²) in [5.41, 5.74) is 1.22. The summed E-state index contributed by atoms with van der Waals surface area (Å²) in [6.07, 6.45) is 0. The molecule has 1 aromatic heterocycles. The van der Waals surface area contributed by atoms with Crippen molar-refractivity contribution >= 4 is 16.7 Å². The molecule has 0 bridgehead atoms. The van der Waals surface area contributed by atoms with Crippen LogP contribution >= 0.6 is 0 Å². The van der Waals surface area contributed by atoms with E-state index in [2.05, 4.69) is 5.10 Å². The molecule has 0 radical (unpaired) electrons. The molecular formula is C19H18N2O3. The van der Waals surface area contributed by atoms with Gasteiger partial charge in [-0.05, 0) is 30.7 Å². The van der Waals surface area contributed by atoms with Crippen molar-refractivity contribution in [2.45, 2.75) is 19.9 Å². The number of fused-ring (bicyclic) bond motifs is 1. The number of hydrogen-bond donors (Lipinski definition) is 0. The van der Waals surface area contributed by atoms with Crippen LogP contribution in [0.3, 0.4) is 0 Å². The third-order valence-electron chi connectivity index (χ3n) is 3.89. The molecule has 3 rings (SSSR count). The molecule has 0 saturated carbocycles. The van der Waals surface area contributed by atoms with E-state index < -0.39 is 12.0 Å². The first kappa shape index (κ1) is 15.9. The van der Waals surface area contributed by atoms with Gasteiger partial charge in [-0.15, -0.1) is 0 Å². The standard InChI is InChI=1S/C19H18N2O3/c1-3-24-19(23)13(2)21-18(22)12-11-17(20-21)16-10-6-8-14-7-4-5-9-15(14)16/h4-13H,3H2,1-2H3/t13-/m0/s1. The van der Waals surface area contributed by atoms with Crippen molar-refractivity contribution < 1.29 is 9.53 Å². The van der Waals surface area contributed by atoms with Crippen LogP contribution in [-0.2, 0) is 9.53 Å². The fourth-order valence-electron chi connectivity index (χ4n) is 2.66. The maximum Gasteiger partial charge on any atom is 0.330 e. The molecule has 1 atom stereocenters. The molecule has 3 aromatic rings. The van der Waals surface area contributed by atoms with E-state index in [1.54, 1.807) is 19.9 Å². The van der Waals surface area contributed by atoms with Crippen molar-refractivity contribution in [3.05, 3.63) is 65.0 Å². The summed E-state index contributed by atoms with van der Waals surface area (Å²) in [5.74, 6) is -0.470. The van der Waals surface area contributed by atoms with Gasteiger partial charge in [-0.1, -0.05) is 42.5 Å². The van der Waals surface area contributed by atoms with Crippen LogP contribution in [0.2, 0.25) is 0 Å². The minimum Gasteiger partial charge on any atom is -0.464 e. The summed E-state index contributed by atoms with van der Waals surface area (Å²) in [7, 11) is 0. The van der Waals surface area contributed by atoms with Crippen LogP contribution in [0.15, 0.2) is 59.4 Å². The Morgan fingerprint density at radius 3 is 2.67 bits per heavy atom. The van der Waals surface area contributed by atoms with Crippen LogP contribution in [0.4, 0.5) is 0 Å². The van der Waals surface area contributed by atoms with Crippen molar-refractivity contribution in [1.82, 2.24) is 9.78 Å². The first-order valence-corrected chi connectivity index (χ1v) is 7.86. The highest BCUT2D eigenvalue weighted by Crippen LogP contribution is 2.26. The van der Waals surface area contributed by atoms with Crippen molar-refractivity contribution in [2.75, 3.05) is 6.61 Å². The molecule has 1 heterocycles. The molecular weight excluding hydrogens is 304 g/mol.